The van der Waals surface area contributed by atoms with Gasteiger partial charge in [-0.05, 0) is 36.4 Å². The monoisotopic (exact) mass is 405 g/mol. The van der Waals surface area contributed by atoms with Crippen LogP contribution >= 0.6 is 0 Å². The van der Waals surface area contributed by atoms with Crippen molar-refractivity contribution in [3.63, 3.8) is 0 Å². The van der Waals surface area contributed by atoms with E-state index in [0.29, 0.717) is 5.82 Å². The number of nitrogens with one attached hydrogen (secondary N) is 2. The second-order valence-electron chi connectivity index (χ2n) is 5.36. The van der Waals surface area contributed by atoms with Gasteiger partial charge in [0.1, 0.15) is 10.7 Å². The van der Waals surface area contributed by atoms with E-state index in [-0.39, 0.29) is 28.4 Å². The SMILES string of the molecule is COc1nc(C)nc(NC(=O)NS(=O)(=O)c2ccccc2-n2nnnc2C)n1. The van der Waals surface area contributed by atoms with Gasteiger partial charge in [0.15, 0.2) is 5.82 Å². The molecule has 0 aliphatic rings. The van der Waals surface area contributed by atoms with E-state index in [1.807, 2.05) is 4.72 Å². The molecule has 0 unspecified atom stereocenters. The lowest BCUT2D eigenvalue weighted by molar-refractivity contribution is 0.256. The Bertz CT molecular complexity index is 1130. The molecule has 14 heteroatoms. The van der Waals surface area contributed by atoms with Gasteiger partial charge in [-0.25, -0.2) is 17.9 Å². The van der Waals surface area contributed by atoms with Crippen LogP contribution in [0, 0.1) is 13.8 Å². The molecule has 0 spiro atoms. The number of benzene rings is 1. The van der Waals surface area contributed by atoms with Gasteiger partial charge in [-0.15, -0.1) is 5.10 Å². The molecule has 1 aromatic carbocycles. The highest BCUT2D eigenvalue weighted by molar-refractivity contribution is 7.90. The maximum atomic E-state index is 12.7. The molecule has 3 rings (SSSR count). The number of amides is 2. The number of aromatic nitrogens is 7. The van der Waals surface area contributed by atoms with E-state index in [2.05, 4.69) is 35.8 Å². The largest absolute Gasteiger partial charge is 0.467 e. The van der Waals surface area contributed by atoms with Crippen LogP contribution in [0.1, 0.15) is 11.6 Å². The number of ether oxygens (including phenoxy) is 1. The third-order valence-corrected chi connectivity index (χ3v) is 4.75. The minimum atomic E-state index is -4.26. The van der Waals surface area contributed by atoms with E-state index in [1.54, 1.807) is 19.9 Å². The van der Waals surface area contributed by atoms with E-state index in [0.717, 1.165) is 0 Å². The zero-order valence-corrected chi connectivity index (χ0v) is 15.8. The van der Waals surface area contributed by atoms with Gasteiger partial charge in [-0.2, -0.15) is 19.6 Å². The number of carbonyl (C=O) groups is 1. The normalized spacial score (nSPS) is 11.1. The molecule has 146 valence electrons. The molecule has 0 bridgehead atoms. The van der Waals surface area contributed by atoms with Crippen LogP contribution in [0.3, 0.4) is 0 Å². The van der Waals surface area contributed by atoms with Crippen molar-refractivity contribution in [2.45, 2.75) is 18.7 Å². The van der Waals surface area contributed by atoms with Crippen molar-refractivity contribution in [3.8, 4) is 11.7 Å². The third kappa shape index (κ3) is 4.01. The van der Waals surface area contributed by atoms with Gasteiger partial charge < -0.3 is 4.74 Å². The fourth-order valence-corrected chi connectivity index (χ4v) is 3.31. The first-order chi connectivity index (χ1) is 13.3. The number of hydrogen-bond acceptors (Lipinski definition) is 10. The van der Waals surface area contributed by atoms with E-state index >= 15 is 0 Å². The lowest BCUT2D eigenvalue weighted by Gasteiger charge is -2.12. The van der Waals surface area contributed by atoms with Crippen molar-refractivity contribution >= 4 is 22.0 Å². The van der Waals surface area contributed by atoms with E-state index in [4.69, 9.17) is 4.74 Å². The first-order valence-electron chi connectivity index (χ1n) is 7.75. The van der Waals surface area contributed by atoms with Crippen LogP contribution in [-0.2, 0) is 10.0 Å². The molecular formula is C14H15N9O4S. The van der Waals surface area contributed by atoms with Crippen molar-refractivity contribution in [1.82, 2.24) is 39.9 Å². The lowest BCUT2D eigenvalue weighted by atomic mass is 10.3. The highest BCUT2D eigenvalue weighted by Crippen LogP contribution is 2.19. The summed E-state index contributed by atoms with van der Waals surface area (Å²) in [7, 11) is -2.91. The average Bonchev–Trinajstić information content (AvgIpc) is 3.06. The number of nitrogens with zero attached hydrogens (tertiary/aromatic N) is 7. The number of rotatable bonds is 5. The molecule has 0 aliphatic carbocycles. The van der Waals surface area contributed by atoms with Gasteiger partial charge in [0.2, 0.25) is 5.95 Å². The number of tetrazole rings is 1. The number of methoxy groups -OCH3 is 1. The molecule has 0 fully saturated rings. The van der Waals surface area contributed by atoms with Crippen LogP contribution in [-0.4, -0.2) is 56.7 Å². The maximum Gasteiger partial charge on any atom is 0.335 e. The molecule has 0 saturated carbocycles. The Morgan fingerprint density at radius 2 is 1.89 bits per heavy atom. The molecule has 2 N–H and O–H groups in total. The molecule has 3 aromatic rings. The number of urea groups is 1. The fourth-order valence-electron chi connectivity index (χ4n) is 2.22. The van der Waals surface area contributed by atoms with Crippen LogP contribution in [0.25, 0.3) is 5.69 Å². The quantitative estimate of drug-likeness (QED) is 0.589. The summed E-state index contributed by atoms with van der Waals surface area (Å²) in [5.41, 5.74) is 0.183. The summed E-state index contributed by atoms with van der Waals surface area (Å²) in [6, 6.07) is 4.88. The van der Waals surface area contributed by atoms with Crippen LogP contribution in [0.5, 0.6) is 6.01 Å². The van der Waals surface area contributed by atoms with E-state index < -0.39 is 16.1 Å². The predicted octanol–water partition coefficient (Wildman–Crippen LogP) is -0.0169. The second kappa shape index (κ2) is 7.51. The molecule has 2 amide bonds. The number of sulfonamides is 1. The summed E-state index contributed by atoms with van der Waals surface area (Å²) in [5.74, 6) is 0.492. The molecule has 0 atom stereocenters. The summed E-state index contributed by atoms with van der Waals surface area (Å²) in [5, 5.41) is 13.2. The Morgan fingerprint density at radius 1 is 1.14 bits per heavy atom. The summed E-state index contributed by atoms with van der Waals surface area (Å²) in [6.07, 6.45) is 0. The Kier molecular flexibility index (Phi) is 5.12. The summed E-state index contributed by atoms with van der Waals surface area (Å²) >= 11 is 0. The number of aryl methyl sites for hydroxylation is 2. The van der Waals surface area contributed by atoms with Crippen molar-refractivity contribution in [2.75, 3.05) is 12.4 Å². The highest BCUT2D eigenvalue weighted by atomic mass is 32.2. The Balaban J connectivity index is 1.86. The highest BCUT2D eigenvalue weighted by Gasteiger charge is 2.23. The lowest BCUT2D eigenvalue weighted by Crippen LogP contribution is -2.35. The zero-order chi connectivity index (χ0) is 20.3. The number of anilines is 1. The van der Waals surface area contributed by atoms with Crippen LogP contribution in [0.2, 0.25) is 0 Å². The third-order valence-electron chi connectivity index (χ3n) is 3.37. The topological polar surface area (TPSA) is 167 Å². The Hall–Kier alpha value is -3.68. The predicted molar refractivity (Wildman–Crippen MR) is 94.3 cm³/mol. The molecule has 2 heterocycles. The molecule has 0 aliphatic heterocycles. The van der Waals surface area contributed by atoms with Crippen molar-refractivity contribution < 1.29 is 17.9 Å². The summed E-state index contributed by atoms with van der Waals surface area (Å²) in [6.45, 7) is 3.18. The minimum absolute atomic E-state index is 0.0230. The van der Waals surface area contributed by atoms with Crippen molar-refractivity contribution in [3.05, 3.63) is 35.9 Å². The average molecular weight is 405 g/mol. The van der Waals surface area contributed by atoms with Crippen molar-refractivity contribution in [1.29, 1.82) is 0 Å². The standard InChI is InChI=1S/C14H15N9O4S/c1-8-15-12(18-14(16-8)27-3)17-13(24)20-28(25,26)11-7-5-4-6-10(11)23-9(2)19-21-22-23/h4-7H,1-3H3,(H2,15,16,17,18,20,24). The van der Waals surface area contributed by atoms with Gasteiger partial charge in [0.05, 0.1) is 12.8 Å². The fraction of sp³-hybridized carbons (Fsp3) is 0.214. The van der Waals surface area contributed by atoms with Crippen LogP contribution < -0.4 is 14.8 Å². The van der Waals surface area contributed by atoms with Gasteiger partial charge >= 0.3 is 12.0 Å². The Labute approximate surface area is 159 Å². The van der Waals surface area contributed by atoms with Gasteiger partial charge in [-0.3, -0.25) is 5.32 Å². The van der Waals surface area contributed by atoms with Crippen molar-refractivity contribution in [2.24, 2.45) is 0 Å². The number of para-hydroxylation sites is 1. The first-order valence-corrected chi connectivity index (χ1v) is 9.23. The second-order valence-corrected chi connectivity index (χ2v) is 7.01. The number of carbonyl (C=O) groups excluding carboxylic acids is 1. The van der Waals surface area contributed by atoms with Gasteiger partial charge in [0.25, 0.3) is 10.0 Å². The smallest absolute Gasteiger partial charge is 0.335 e. The zero-order valence-electron chi connectivity index (χ0n) is 15.0. The minimum Gasteiger partial charge on any atom is -0.467 e. The van der Waals surface area contributed by atoms with Crippen LogP contribution in [0.15, 0.2) is 29.2 Å². The molecule has 28 heavy (non-hydrogen) atoms. The maximum absolute atomic E-state index is 12.7. The first kappa shape index (κ1) is 19.1. The van der Waals surface area contributed by atoms with E-state index in [9.17, 15) is 13.2 Å². The van der Waals surface area contributed by atoms with Gasteiger partial charge in [0, 0.05) is 0 Å². The molecule has 0 saturated heterocycles. The summed E-state index contributed by atoms with van der Waals surface area (Å²) < 4.78 is 33.5. The van der Waals surface area contributed by atoms with E-state index in [1.165, 1.54) is 30.0 Å². The Morgan fingerprint density at radius 3 is 2.57 bits per heavy atom. The molecular weight excluding hydrogens is 390 g/mol. The van der Waals surface area contributed by atoms with Gasteiger partial charge in [-0.1, -0.05) is 12.1 Å². The summed E-state index contributed by atoms with van der Waals surface area (Å²) in [4.78, 5) is 23.6. The number of hydrogen-bond donors (Lipinski definition) is 2. The molecule has 0 radical (unpaired) electrons. The molecule has 2 aromatic heterocycles. The molecule has 13 nitrogen and oxygen atoms in total. The van der Waals surface area contributed by atoms with Crippen LogP contribution in [0.4, 0.5) is 10.7 Å².